The van der Waals surface area contributed by atoms with E-state index in [4.69, 9.17) is 4.74 Å². The van der Waals surface area contributed by atoms with Crippen LogP contribution in [0.15, 0.2) is 0 Å². The summed E-state index contributed by atoms with van der Waals surface area (Å²) < 4.78 is 5.61. The van der Waals surface area contributed by atoms with Crippen molar-refractivity contribution in [3.8, 4) is 0 Å². The molecule has 0 aromatic carbocycles. The molecule has 0 bridgehead atoms. The summed E-state index contributed by atoms with van der Waals surface area (Å²) in [6.45, 7) is 7.23. The molecule has 1 saturated carbocycles. The highest BCUT2D eigenvalue weighted by atomic mass is 16.5. The molecule has 0 aromatic heterocycles. The van der Waals surface area contributed by atoms with Crippen LogP contribution in [0.3, 0.4) is 0 Å². The van der Waals surface area contributed by atoms with E-state index in [0.717, 1.165) is 32.5 Å². The quantitative estimate of drug-likeness (QED) is 0.701. The van der Waals surface area contributed by atoms with Crippen molar-refractivity contribution in [3.63, 3.8) is 0 Å². The largest absolute Gasteiger partial charge is 0.388 e. The lowest BCUT2D eigenvalue weighted by Crippen LogP contribution is -2.47. The molecular weight excluding hydrogens is 232 g/mol. The zero-order valence-electron chi connectivity index (χ0n) is 11.3. The lowest BCUT2D eigenvalue weighted by Gasteiger charge is -2.24. The first-order valence-electron chi connectivity index (χ1n) is 6.98. The molecule has 5 nitrogen and oxygen atoms in total. The standard InChI is InChI=1S/C13H24N2O3/c1-3-15(4-2)7-11-12(16)10(8-18-11)14-13(17)9-5-6-9/h9-12,16H,3-8H2,1-2H3,(H,14,17)/t10?,11-,12+/m0/s1. The monoisotopic (exact) mass is 256 g/mol. The molecule has 1 unspecified atom stereocenters. The van der Waals surface area contributed by atoms with E-state index in [2.05, 4.69) is 24.1 Å². The van der Waals surface area contributed by atoms with Gasteiger partial charge in [-0.25, -0.2) is 0 Å². The van der Waals surface area contributed by atoms with E-state index in [1.807, 2.05) is 0 Å². The first kappa shape index (κ1) is 13.8. The summed E-state index contributed by atoms with van der Waals surface area (Å²) in [7, 11) is 0. The Morgan fingerprint density at radius 2 is 2.06 bits per heavy atom. The van der Waals surface area contributed by atoms with Gasteiger partial charge in [0.1, 0.15) is 6.10 Å². The van der Waals surface area contributed by atoms with E-state index < -0.39 is 6.10 Å². The molecule has 1 aliphatic heterocycles. The summed E-state index contributed by atoms with van der Waals surface area (Å²) in [6.07, 6.45) is 1.19. The Bertz CT molecular complexity index is 290. The summed E-state index contributed by atoms with van der Waals surface area (Å²) in [4.78, 5) is 13.9. The molecule has 1 saturated heterocycles. The Labute approximate surface area is 108 Å². The zero-order chi connectivity index (χ0) is 13.1. The zero-order valence-corrected chi connectivity index (χ0v) is 11.3. The van der Waals surface area contributed by atoms with Crippen LogP contribution in [0.5, 0.6) is 0 Å². The topological polar surface area (TPSA) is 61.8 Å². The fourth-order valence-electron chi connectivity index (χ4n) is 2.35. The number of ether oxygens (including phenoxy) is 1. The molecule has 0 aromatic rings. The number of nitrogens with one attached hydrogen (secondary N) is 1. The molecule has 18 heavy (non-hydrogen) atoms. The summed E-state index contributed by atoms with van der Waals surface area (Å²) in [5.41, 5.74) is 0. The van der Waals surface area contributed by atoms with Crippen LogP contribution in [0, 0.1) is 5.92 Å². The molecule has 5 heteroatoms. The van der Waals surface area contributed by atoms with Gasteiger partial charge in [0.25, 0.3) is 0 Å². The molecule has 2 rings (SSSR count). The van der Waals surface area contributed by atoms with Crippen molar-refractivity contribution in [2.75, 3.05) is 26.2 Å². The number of rotatable bonds is 6. The minimum atomic E-state index is -0.590. The summed E-state index contributed by atoms with van der Waals surface area (Å²) in [5, 5.41) is 13.1. The van der Waals surface area contributed by atoms with Gasteiger partial charge in [-0.2, -0.15) is 0 Å². The first-order chi connectivity index (χ1) is 8.65. The van der Waals surface area contributed by atoms with Gasteiger partial charge >= 0.3 is 0 Å². The number of aliphatic hydroxyl groups excluding tert-OH is 1. The molecule has 1 heterocycles. The second kappa shape index (κ2) is 5.99. The molecule has 2 N–H and O–H groups in total. The van der Waals surface area contributed by atoms with Crippen molar-refractivity contribution in [3.05, 3.63) is 0 Å². The SMILES string of the molecule is CCN(CC)C[C@@H]1OCC(NC(=O)C2CC2)[C@H]1O. The summed E-state index contributed by atoms with van der Waals surface area (Å²) in [5.74, 6) is 0.255. The average molecular weight is 256 g/mol. The van der Waals surface area contributed by atoms with Gasteiger partial charge < -0.3 is 20.1 Å². The lowest BCUT2D eigenvalue weighted by atomic mass is 10.1. The Balaban J connectivity index is 1.80. The summed E-state index contributed by atoms with van der Waals surface area (Å²) >= 11 is 0. The second-order valence-corrected chi connectivity index (χ2v) is 5.24. The minimum absolute atomic E-state index is 0.0751. The van der Waals surface area contributed by atoms with Gasteiger partial charge in [0.15, 0.2) is 0 Å². The van der Waals surface area contributed by atoms with Gasteiger partial charge in [-0.15, -0.1) is 0 Å². The maximum Gasteiger partial charge on any atom is 0.223 e. The normalized spacial score (nSPS) is 31.9. The average Bonchev–Trinajstić information content (AvgIpc) is 3.16. The third kappa shape index (κ3) is 3.22. The molecule has 1 amide bonds. The van der Waals surface area contributed by atoms with E-state index in [0.29, 0.717) is 6.61 Å². The number of carbonyl (C=O) groups excluding carboxylic acids is 1. The van der Waals surface area contributed by atoms with Gasteiger partial charge in [-0.1, -0.05) is 13.8 Å². The smallest absolute Gasteiger partial charge is 0.223 e. The molecule has 2 fully saturated rings. The van der Waals surface area contributed by atoms with Crippen LogP contribution in [0.25, 0.3) is 0 Å². The van der Waals surface area contributed by atoms with Gasteiger partial charge in [0, 0.05) is 12.5 Å². The fraction of sp³-hybridized carbons (Fsp3) is 0.923. The number of nitrogens with zero attached hydrogens (tertiary/aromatic N) is 1. The number of likely N-dealkylation sites (N-methyl/N-ethyl adjacent to an activating group) is 1. The molecule has 104 valence electrons. The number of carbonyl (C=O) groups is 1. The molecule has 3 atom stereocenters. The third-order valence-corrected chi connectivity index (χ3v) is 3.89. The Hall–Kier alpha value is -0.650. The second-order valence-electron chi connectivity index (χ2n) is 5.24. The van der Waals surface area contributed by atoms with Crippen LogP contribution in [0.1, 0.15) is 26.7 Å². The minimum Gasteiger partial charge on any atom is -0.388 e. The van der Waals surface area contributed by atoms with Crippen LogP contribution in [-0.4, -0.2) is 60.4 Å². The Morgan fingerprint density at radius 3 is 2.61 bits per heavy atom. The van der Waals surface area contributed by atoms with Gasteiger partial charge in [0.05, 0.1) is 18.8 Å². The molecule has 0 radical (unpaired) electrons. The van der Waals surface area contributed by atoms with Gasteiger partial charge in [-0.3, -0.25) is 4.79 Å². The lowest BCUT2D eigenvalue weighted by molar-refractivity contribution is -0.123. The van der Waals surface area contributed by atoms with E-state index in [1.54, 1.807) is 0 Å². The van der Waals surface area contributed by atoms with E-state index in [-0.39, 0.29) is 24.0 Å². The van der Waals surface area contributed by atoms with Crippen LogP contribution in [-0.2, 0) is 9.53 Å². The van der Waals surface area contributed by atoms with Crippen molar-refractivity contribution >= 4 is 5.91 Å². The van der Waals surface area contributed by atoms with Crippen molar-refractivity contribution < 1.29 is 14.6 Å². The maximum absolute atomic E-state index is 11.7. The number of aliphatic hydroxyl groups is 1. The number of hydrogen-bond donors (Lipinski definition) is 2. The molecule has 1 aliphatic carbocycles. The third-order valence-electron chi connectivity index (χ3n) is 3.89. The van der Waals surface area contributed by atoms with E-state index >= 15 is 0 Å². The van der Waals surface area contributed by atoms with Crippen molar-refractivity contribution in [2.45, 2.75) is 44.9 Å². The van der Waals surface area contributed by atoms with Crippen LogP contribution >= 0.6 is 0 Å². The highest BCUT2D eigenvalue weighted by molar-refractivity contribution is 5.81. The molecule has 2 aliphatic rings. The van der Waals surface area contributed by atoms with E-state index in [1.165, 1.54) is 0 Å². The van der Waals surface area contributed by atoms with Crippen LogP contribution in [0.2, 0.25) is 0 Å². The number of hydrogen-bond acceptors (Lipinski definition) is 4. The predicted octanol–water partition coefficient (Wildman–Crippen LogP) is -0.0173. The molecular formula is C13H24N2O3. The van der Waals surface area contributed by atoms with E-state index in [9.17, 15) is 9.90 Å². The van der Waals surface area contributed by atoms with Crippen molar-refractivity contribution in [2.24, 2.45) is 5.92 Å². The molecule has 0 spiro atoms. The van der Waals surface area contributed by atoms with Crippen molar-refractivity contribution in [1.29, 1.82) is 0 Å². The Morgan fingerprint density at radius 1 is 1.39 bits per heavy atom. The first-order valence-corrected chi connectivity index (χ1v) is 6.98. The Kier molecular flexibility index (Phi) is 4.59. The number of amides is 1. The van der Waals surface area contributed by atoms with Crippen molar-refractivity contribution in [1.82, 2.24) is 10.2 Å². The fourth-order valence-corrected chi connectivity index (χ4v) is 2.35. The summed E-state index contributed by atoms with van der Waals surface area (Å²) in [6, 6.07) is -0.237. The van der Waals surface area contributed by atoms with Crippen LogP contribution in [0.4, 0.5) is 0 Å². The maximum atomic E-state index is 11.7. The highest BCUT2D eigenvalue weighted by Crippen LogP contribution is 2.29. The van der Waals surface area contributed by atoms with Crippen LogP contribution < -0.4 is 5.32 Å². The van der Waals surface area contributed by atoms with Gasteiger partial charge in [-0.05, 0) is 25.9 Å². The highest BCUT2D eigenvalue weighted by Gasteiger charge is 2.39. The van der Waals surface area contributed by atoms with Gasteiger partial charge in [0.2, 0.25) is 5.91 Å². The predicted molar refractivity (Wildman–Crippen MR) is 68.2 cm³/mol.